The first-order valence-corrected chi connectivity index (χ1v) is 7.81. The number of hydrogen-bond donors (Lipinski definition) is 1. The van der Waals surface area contributed by atoms with Gasteiger partial charge < -0.3 is 14.8 Å². The first kappa shape index (κ1) is 17.5. The summed E-state index contributed by atoms with van der Waals surface area (Å²) in [5.41, 5.74) is 2.10. The van der Waals surface area contributed by atoms with Crippen LogP contribution in [0.15, 0.2) is 48.5 Å². The van der Waals surface area contributed by atoms with Crippen LogP contribution in [-0.4, -0.2) is 24.6 Å². The summed E-state index contributed by atoms with van der Waals surface area (Å²) in [6.07, 6.45) is -0.642. The highest BCUT2D eigenvalue weighted by atomic mass is 16.5. The van der Waals surface area contributed by atoms with E-state index in [4.69, 9.17) is 9.47 Å². The standard InChI is InChI=1S/C19H21NO4/c1-4-23-19(22)15-8-10-16(11-9-15)20-18(21)14(3)24-17-7-5-6-13(2)12-17/h5-12,14H,4H2,1-3H3,(H,20,21)/t14-/m1/s1. The van der Waals surface area contributed by atoms with Crippen LogP contribution in [0.4, 0.5) is 5.69 Å². The van der Waals surface area contributed by atoms with E-state index in [0.29, 0.717) is 23.6 Å². The lowest BCUT2D eigenvalue weighted by Gasteiger charge is -2.15. The third kappa shape index (κ3) is 4.84. The second-order valence-corrected chi connectivity index (χ2v) is 5.36. The van der Waals surface area contributed by atoms with Crippen LogP contribution >= 0.6 is 0 Å². The number of esters is 1. The number of amides is 1. The van der Waals surface area contributed by atoms with Crippen LogP contribution in [0.1, 0.15) is 29.8 Å². The molecular weight excluding hydrogens is 306 g/mol. The minimum Gasteiger partial charge on any atom is -0.481 e. The molecule has 5 heteroatoms. The molecule has 24 heavy (non-hydrogen) atoms. The minimum absolute atomic E-state index is 0.264. The van der Waals surface area contributed by atoms with Crippen LogP contribution < -0.4 is 10.1 Å². The maximum absolute atomic E-state index is 12.2. The summed E-state index contributed by atoms with van der Waals surface area (Å²) in [6.45, 7) is 5.72. The fourth-order valence-corrected chi connectivity index (χ4v) is 2.09. The molecule has 1 N–H and O–H groups in total. The summed E-state index contributed by atoms with van der Waals surface area (Å²) in [4.78, 5) is 23.8. The normalized spacial score (nSPS) is 11.5. The highest BCUT2D eigenvalue weighted by molar-refractivity contribution is 5.95. The third-order valence-corrected chi connectivity index (χ3v) is 3.34. The van der Waals surface area contributed by atoms with E-state index < -0.39 is 6.10 Å². The molecular formula is C19H21NO4. The van der Waals surface area contributed by atoms with Crippen molar-refractivity contribution in [3.8, 4) is 5.75 Å². The molecule has 2 aromatic carbocycles. The molecule has 1 atom stereocenters. The summed E-state index contributed by atoms with van der Waals surface area (Å²) in [5, 5.41) is 2.76. The van der Waals surface area contributed by atoms with Gasteiger partial charge in [-0.05, 0) is 62.7 Å². The Morgan fingerprint density at radius 3 is 2.46 bits per heavy atom. The van der Waals surface area contributed by atoms with Gasteiger partial charge in [0.15, 0.2) is 6.10 Å². The second-order valence-electron chi connectivity index (χ2n) is 5.36. The molecule has 126 valence electrons. The van der Waals surface area contributed by atoms with Gasteiger partial charge in [-0.15, -0.1) is 0 Å². The summed E-state index contributed by atoms with van der Waals surface area (Å²) in [5.74, 6) is 0.00206. The van der Waals surface area contributed by atoms with Crippen molar-refractivity contribution in [2.24, 2.45) is 0 Å². The largest absolute Gasteiger partial charge is 0.481 e. The molecule has 0 saturated carbocycles. The molecule has 0 aliphatic heterocycles. The monoisotopic (exact) mass is 327 g/mol. The summed E-state index contributed by atoms with van der Waals surface area (Å²) >= 11 is 0. The molecule has 0 aliphatic rings. The maximum Gasteiger partial charge on any atom is 0.338 e. The predicted octanol–water partition coefficient (Wildman–Crippen LogP) is 3.58. The van der Waals surface area contributed by atoms with E-state index in [0.717, 1.165) is 5.56 Å². The van der Waals surface area contributed by atoms with E-state index in [2.05, 4.69) is 5.32 Å². The van der Waals surface area contributed by atoms with Crippen molar-refractivity contribution in [2.45, 2.75) is 26.9 Å². The zero-order valence-electron chi connectivity index (χ0n) is 14.0. The maximum atomic E-state index is 12.2. The molecule has 0 bridgehead atoms. The molecule has 0 aromatic heterocycles. The van der Waals surface area contributed by atoms with Gasteiger partial charge in [0, 0.05) is 5.69 Å². The van der Waals surface area contributed by atoms with Gasteiger partial charge in [-0.2, -0.15) is 0 Å². The lowest BCUT2D eigenvalue weighted by atomic mass is 10.2. The Balaban J connectivity index is 1.94. The van der Waals surface area contributed by atoms with Crippen molar-refractivity contribution in [3.63, 3.8) is 0 Å². The van der Waals surface area contributed by atoms with E-state index in [-0.39, 0.29) is 11.9 Å². The first-order valence-electron chi connectivity index (χ1n) is 7.81. The molecule has 0 unspecified atom stereocenters. The topological polar surface area (TPSA) is 64.6 Å². The molecule has 0 fully saturated rings. The van der Waals surface area contributed by atoms with Crippen LogP contribution in [0.5, 0.6) is 5.75 Å². The van der Waals surface area contributed by atoms with Crippen LogP contribution in [-0.2, 0) is 9.53 Å². The van der Waals surface area contributed by atoms with Crippen molar-refractivity contribution in [3.05, 3.63) is 59.7 Å². The lowest BCUT2D eigenvalue weighted by molar-refractivity contribution is -0.122. The number of benzene rings is 2. The number of ether oxygens (including phenoxy) is 2. The SMILES string of the molecule is CCOC(=O)c1ccc(NC(=O)[C@@H](C)Oc2cccc(C)c2)cc1. The predicted molar refractivity (Wildman–Crippen MR) is 92.3 cm³/mol. The number of aryl methyl sites for hydroxylation is 1. The van der Waals surface area contributed by atoms with E-state index in [1.54, 1.807) is 38.1 Å². The Labute approximate surface area is 141 Å². The van der Waals surface area contributed by atoms with Crippen molar-refractivity contribution in [1.29, 1.82) is 0 Å². The Morgan fingerprint density at radius 2 is 1.83 bits per heavy atom. The van der Waals surface area contributed by atoms with Gasteiger partial charge in [0.2, 0.25) is 0 Å². The summed E-state index contributed by atoms with van der Waals surface area (Å²) < 4.78 is 10.6. The van der Waals surface area contributed by atoms with E-state index in [9.17, 15) is 9.59 Å². The van der Waals surface area contributed by atoms with Crippen molar-refractivity contribution >= 4 is 17.6 Å². The number of hydrogen-bond acceptors (Lipinski definition) is 4. The molecule has 0 spiro atoms. The number of nitrogens with one attached hydrogen (secondary N) is 1. The van der Waals surface area contributed by atoms with E-state index >= 15 is 0 Å². The number of carbonyl (C=O) groups is 2. The van der Waals surface area contributed by atoms with Crippen LogP contribution in [0.25, 0.3) is 0 Å². The van der Waals surface area contributed by atoms with Gasteiger partial charge in [-0.3, -0.25) is 4.79 Å². The van der Waals surface area contributed by atoms with Gasteiger partial charge >= 0.3 is 5.97 Å². The van der Waals surface area contributed by atoms with E-state index in [1.807, 2.05) is 31.2 Å². The van der Waals surface area contributed by atoms with Gasteiger partial charge in [0.1, 0.15) is 5.75 Å². The van der Waals surface area contributed by atoms with Crippen LogP contribution in [0.2, 0.25) is 0 Å². The quantitative estimate of drug-likeness (QED) is 0.824. The lowest BCUT2D eigenvalue weighted by Crippen LogP contribution is -2.30. The Morgan fingerprint density at radius 1 is 1.12 bits per heavy atom. The number of rotatable bonds is 6. The average molecular weight is 327 g/mol. The second kappa shape index (κ2) is 8.15. The molecule has 0 radical (unpaired) electrons. The van der Waals surface area contributed by atoms with Crippen molar-refractivity contribution < 1.29 is 19.1 Å². The number of anilines is 1. The summed E-state index contributed by atoms with van der Waals surface area (Å²) in [6, 6.07) is 14.1. The zero-order valence-corrected chi connectivity index (χ0v) is 14.0. The molecule has 5 nitrogen and oxygen atoms in total. The molecule has 0 aliphatic carbocycles. The van der Waals surface area contributed by atoms with Gasteiger partial charge in [0.25, 0.3) is 5.91 Å². The fourth-order valence-electron chi connectivity index (χ4n) is 2.09. The Bertz CT molecular complexity index is 710. The minimum atomic E-state index is -0.642. The van der Waals surface area contributed by atoms with Gasteiger partial charge in [-0.1, -0.05) is 12.1 Å². The molecule has 1 amide bonds. The Hall–Kier alpha value is -2.82. The third-order valence-electron chi connectivity index (χ3n) is 3.34. The molecule has 2 aromatic rings. The summed E-state index contributed by atoms with van der Waals surface area (Å²) in [7, 11) is 0. The highest BCUT2D eigenvalue weighted by Crippen LogP contribution is 2.16. The Kier molecular flexibility index (Phi) is 5.95. The van der Waals surface area contributed by atoms with Crippen LogP contribution in [0.3, 0.4) is 0 Å². The molecule has 2 rings (SSSR count). The molecule has 0 saturated heterocycles. The number of carbonyl (C=O) groups excluding carboxylic acids is 2. The smallest absolute Gasteiger partial charge is 0.338 e. The highest BCUT2D eigenvalue weighted by Gasteiger charge is 2.15. The average Bonchev–Trinajstić information content (AvgIpc) is 2.55. The fraction of sp³-hybridized carbons (Fsp3) is 0.263. The van der Waals surface area contributed by atoms with E-state index in [1.165, 1.54) is 0 Å². The first-order chi connectivity index (χ1) is 11.5. The molecule has 0 heterocycles. The van der Waals surface area contributed by atoms with Gasteiger partial charge in [0.05, 0.1) is 12.2 Å². The van der Waals surface area contributed by atoms with Gasteiger partial charge in [-0.25, -0.2) is 4.79 Å². The zero-order chi connectivity index (χ0) is 17.5. The van der Waals surface area contributed by atoms with Crippen molar-refractivity contribution in [1.82, 2.24) is 0 Å². The van der Waals surface area contributed by atoms with Crippen LogP contribution in [0, 0.1) is 6.92 Å². The van der Waals surface area contributed by atoms with Crippen molar-refractivity contribution in [2.75, 3.05) is 11.9 Å².